The molecular formula is C138H94N2O2. The van der Waals surface area contributed by atoms with Crippen LogP contribution < -0.4 is 9.80 Å². The van der Waals surface area contributed by atoms with Crippen LogP contribution in [0.15, 0.2) is 543 Å². The summed E-state index contributed by atoms with van der Waals surface area (Å²) < 4.78 is 13.0. The first-order chi connectivity index (χ1) is 70.2. The molecule has 4 aliphatic rings. The number of hydrogen-bond donors (Lipinski definition) is 0. The summed E-state index contributed by atoms with van der Waals surface area (Å²) in [6, 6.07) is 196. The van der Waals surface area contributed by atoms with Crippen molar-refractivity contribution in [2.75, 3.05) is 9.80 Å². The van der Waals surface area contributed by atoms with Gasteiger partial charge < -0.3 is 18.6 Å². The van der Waals surface area contributed by atoms with Gasteiger partial charge in [0.2, 0.25) is 0 Å². The molecule has 28 rings (SSSR count). The Hall–Kier alpha value is -18.0. The van der Waals surface area contributed by atoms with E-state index in [9.17, 15) is 0 Å². The zero-order valence-electron chi connectivity index (χ0n) is 78.5. The fraction of sp³-hybridized carbons (Fsp3) is 0.0435. The van der Waals surface area contributed by atoms with E-state index < -0.39 is 16.2 Å². The lowest BCUT2D eigenvalue weighted by atomic mass is 9.51. The van der Waals surface area contributed by atoms with E-state index in [0.29, 0.717) is 0 Å². The lowest BCUT2D eigenvalue weighted by Crippen LogP contribution is -2.44. The summed E-state index contributed by atoms with van der Waals surface area (Å²) in [5.74, 6) is 0. The third-order valence-electron chi connectivity index (χ3n) is 31.1. The van der Waals surface area contributed by atoms with E-state index in [-0.39, 0.29) is 5.41 Å². The van der Waals surface area contributed by atoms with Crippen molar-refractivity contribution in [2.45, 2.75) is 35.5 Å². The summed E-state index contributed by atoms with van der Waals surface area (Å²) in [5, 5.41) is 4.53. The van der Waals surface area contributed by atoms with E-state index in [2.05, 4.69) is 533 Å². The number of anilines is 6. The fourth-order valence-corrected chi connectivity index (χ4v) is 24.9. The van der Waals surface area contributed by atoms with Gasteiger partial charge in [0.25, 0.3) is 0 Å². The van der Waals surface area contributed by atoms with Crippen LogP contribution in [0.4, 0.5) is 34.1 Å². The van der Waals surface area contributed by atoms with Gasteiger partial charge in [-0.05, 0) is 241 Å². The Morgan fingerprint density at radius 1 is 0.155 bits per heavy atom. The molecule has 668 valence electrons. The predicted octanol–water partition coefficient (Wildman–Crippen LogP) is 36.2. The highest BCUT2D eigenvalue weighted by molar-refractivity contribution is 6.11. The van der Waals surface area contributed by atoms with Gasteiger partial charge in [-0.15, -0.1) is 0 Å². The highest BCUT2D eigenvalue weighted by Crippen LogP contribution is 2.68. The molecule has 0 N–H and O–H groups in total. The molecule has 0 fully saturated rings. The van der Waals surface area contributed by atoms with E-state index in [4.69, 9.17) is 8.83 Å². The normalized spacial score (nSPS) is 13.6. The minimum absolute atomic E-state index is 0.139. The molecule has 0 saturated heterocycles. The van der Waals surface area contributed by atoms with Gasteiger partial charge in [0.1, 0.15) is 22.3 Å². The van der Waals surface area contributed by atoms with Crippen LogP contribution in [0.2, 0.25) is 0 Å². The highest BCUT2D eigenvalue weighted by Gasteiger charge is 2.58. The molecule has 2 aromatic heterocycles. The standard InChI is InChI=1S/C74H49NO.C64H45NO/c1-4-20-50(21-5-1)51-38-44-56(45-39-51)75(58-48-42-53(43-49-58)60-29-18-30-62-61-26-11-17-37-70(61)76-72(60)62)57-46-40-52(41-47-57)59-28-19-36-69-71(59)63-27-10-12-31-64(63)74(69)67-34-15-13-32-65(67)73(54-22-6-2-7-23-54,55-24-8-3-9-25-55)66-33-14-16-35-68(66)74;1-63(2)55-24-9-11-26-57(55)64(58-27-12-10-25-56(58)63)54-23-8-6-19-53(54)61-49(20-15-28-59(61)64)44-32-38-47(39-33-44)65(46-36-30-43(31-37-46)42-16-4-3-5-17-42)48-40-34-45(35-41-48)50-21-14-22-52-51-18-7-13-29-60(51)66-62(50)52/h1-49H;3-41H,1-2H3. The van der Waals surface area contributed by atoms with Gasteiger partial charge in [-0.2, -0.15) is 0 Å². The molecular weight excluding hydrogens is 1720 g/mol. The van der Waals surface area contributed by atoms with Crippen molar-refractivity contribution < 1.29 is 8.83 Å². The third kappa shape index (κ3) is 12.8. The van der Waals surface area contributed by atoms with Crippen molar-refractivity contribution >= 4 is 78.0 Å². The minimum Gasteiger partial charge on any atom is -0.455 e. The number of para-hydroxylation sites is 4. The van der Waals surface area contributed by atoms with Crippen LogP contribution in [0.3, 0.4) is 0 Å². The maximum atomic E-state index is 6.49. The monoisotopic (exact) mass is 1810 g/mol. The molecule has 4 aliphatic carbocycles. The minimum atomic E-state index is -0.576. The van der Waals surface area contributed by atoms with Crippen LogP contribution in [0, 0.1) is 0 Å². The lowest BCUT2D eigenvalue weighted by Gasteiger charge is -2.50. The van der Waals surface area contributed by atoms with Crippen LogP contribution in [0.5, 0.6) is 0 Å². The smallest absolute Gasteiger partial charge is 0.143 e. The van der Waals surface area contributed by atoms with Gasteiger partial charge in [-0.25, -0.2) is 0 Å². The second-order valence-electron chi connectivity index (χ2n) is 38.6. The van der Waals surface area contributed by atoms with Crippen molar-refractivity contribution in [3.8, 4) is 89.0 Å². The first kappa shape index (κ1) is 83.4. The second kappa shape index (κ2) is 33.5. The molecule has 4 nitrogen and oxygen atoms in total. The summed E-state index contributed by atoms with van der Waals surface area (Å²) in [5.41, 5.74) is 46.1. The maximum absolute atomic E-state index is 6.49. The van der Waals surface area contributed by atoms with Crippen molar-refractivity contribution in [1.82, 2.24) is 0 Å². The molecule has 0 aliphatic heterocycles. The van der Waals surface area contributed by atoms with Crippen molar-refractivity contribution in [3.05, 3.63) is 612 Å². The molecule has 142 heavy (non-hydrogen) atoms. The molecule has 0 unspecified atom stereocenters. The van der Waals surface area contributed by atoms with Crippen LogP contribution >= 0.6 is 0 Å². The van der Waals surface area contributed by atoms with E-state index in [0.717, 1.165) is 100 Å². The molecule has 22 aromatic carbocycles. The first-order valence-corrected chi connectivity index (χ1v) is 49.3. The van der Waals surface area contributed by atoms with Crippen LogP contribution in [-0.2, 0) is 21.7 Å². The van der Waals surface area contributed by atoms with Crippen molar-refractivity contribution in [3.63, 3.8) is 0 Å². The Bertz CT molecular complexity index is 8870. The number of hydrogen-bond acceptors (Lipinski definition) is 4. The number of benzene rings is 22. The number of fused-ring (bicyclic) bond motifs is 24. The number of furan rings is 2. The molecule has 4 heteroatoms. The average Bonchev–Trinajstić information content (AvgIpc) is 1.43. The molecule has 24 aromatic rings. The summed E-state index contributed by atoms with van der Waals surface area (Å²) in [7, 11) is 0. The Morgan fingerprint density at radius 2 is 0.380 bits per heavy atom. The topological polar surface area (TPSA) is 32.8 Å². The number of rotatable bonds is 14. The van der Waals surface area contributed by atoms with Gasteiger partial charge in [0, 0.05) is 72.2 Å². The molecule has 0 saturated carbocycles. The largest absolute Gasteiger partial charge is 0.455 e. The Balaban J connectivity index is 0.000000143. The van der Waals surface area contributed by atoms with Crippen LogP contribution in [-0.4, -0.2) is 0 Å². The average molecular weight is 1810 g/mol. The summed E-state index contributed by atoms with van der Waals surface area (Å²) in [6.45, 7) is 4.77. The Morgan fingerprint density at radius 3 is 0.725 bits per heavy atom. The predicted molar refractivity (Wildman–Crippen MR) is 588 cm³/mol. The SMILES string of the molecule is CC1(C)c2ccccc2C2(c3ccccc3-c3c(-c4ccc(N(c5ccc(-c6ccccc6)cc5)c5ccc(-c6cccc7c6oc6ccccc67)cc5)cc4)cccc32)c2ccccc21.c1ccc(-c2ccc(N(c3ccc(-c4cccc5c4-c4ccccc4C54c5ccccc5C(c5ccccc5)(c5ccccc5)c5ccccc54)cc3)c3ccc(-c4cccc5c4oc4ccccc45)cc3)cc2)cc1. The molecule has 0 amide bonds. The molecule has 0 radical (unpaired) electrons. The second-order valence-corrected chi connectivity index (χ2v) is 38.6. The van der Waals surface area contributed by atoms with Gasteiger partial charge >= 0.3 is 0 Å². The summed E-state index contributed by atoms with van der Waals surface area (Å²) >= 11 is 0. The quantitative estimate of drug-likeness (QED) is 0.109. The van der Waals surface area contributed by atoms with Gasteiger partial charge in [0.05, 0.1) is 16.2 Å². The molecule has 2 heterocycles. The van der Waals surface area contributed by atoms with Crippen molar-refractivity contribution in [1.29, 1.82) is 0 Å². The zero-order valence-corrected chi connectivity index (χ0v) is 78.5. The molecule has 0 bridgehead atoms. The fourth-order valence-electron chi connectivity index (χ4n) is 24.9. The lowest BCUT2D eigenvalue weighted by molar-refractivity contribution is 0.563. The van der Waals surface area contributed by atoms with Crippen LogP contribution in [0.25, 0.3) is 133 Å². The van der Waals surface area contributed by atoms with E-state index in [1.165, 1.54) is 145 Å². The van der Waals surface area contributed by atoms with E-state index in [1.54, 1.807) is 0 Å². The van der Waals surface area contributed by atoms with Gasteiger partial charge in [-0.3, -0.25) is 0 Å². The first-order valence-electron chi connectivity index (χ1n) is 49.3. The van der Waals surface area contributed by atoms with E-state index >= 15 is 0 Å². The van der Waals surface area contributed by atoms with E-state index in [1.807, 2.05) is 24.3 Å². The van der Waals surface area contributed by atoms with Crippen LogP contribution in [0.1, 0.15) is 91.7 Å². The van der Waals surface area contributed by atoms with Gasteiger partial charge in [-0.1, -0.05) is 463 Å². The molecule has 2 spiro atoms. The third-order valence-corrected chi connectivity index (χ3v) is 31.1. The Kier molecular flexibility index (Phi) is 19.7. The Labute approximate surface area is 827 Å². The summed E-state index contributed by atoms with van der Waals surface area (Å²) in [6.07, 6.45) is 0. The van der Waals surface area contributed by atoms with Gasteiger partial charge in [0.15, 0.2) is 0 Å². The zero-order chi connectivity index (χ0) is 94.2. The summed E-state index contributed by atoms with van der Waals surface area (Å²) in [4.78, 5) is 4.73. The highest BCUT2D eigenvalue weighted by atomic mass is 16.3. The molecule has 0 atom stereocenters. The van der Waals surface area contributed by atoms with Crippen molar-refractivity contribution in [2.24, 2.45) is 0 Å². The number of nitrogens with zero attached hydrogens (tertiary/aromatic N) is 2. The maximum Gasteiger partial charge on any atom is 0.143 e.